The average Bonchev–Trinajstić information content (AvgIpc) is 2.76. The molecule has 0 atom stereocenters. The van der Waals surface area contributed by atoms with Gasteiger partial charge in [0.05, 0.1) is 0 Å². The van der Waals surface area contributed by atoms with Crippen LogP contribution >= 0.6 is 0 Å². The van der Waals surface area contributed by atoms with Crippen molar-refractivity contribution in [3.05, 3.63) is 11.4 Å². The van der Waals surface area contributed by atoms with Crippen molar-refractivity contribution in [3.8, 4) is 0 Å². The minimum atomic E-state index is -1.01. The SMILES string of the molecule is O=C(O)c1nonc1C1C2CC3CC(C2)CC1C3. The van der Waals surface area contributed by atoms with Gasteiger partial charge in [-0.15, -0.1) is 0 Å². The Morgan fingerprint density at radius 2 is 1.67 bits per heavy atom. The maximum absolute atomic E-state index is 11.2. The molecule has 0 amide bonds. The van der Waals surface area contributed by atoms with E-state index in [1.165, 1.54) is 32.1 Å². The molecule has 1 aromatic rings. The number of aromatic carboxylic acids is 1. The van der Waals surface area contributed by atoms with Crippen molar-refractivity contribution in [3.63, 3.8) is 0 Å². The van der Waals surface area contributed by atoms with Crippen LogP contribution in [0.5, 0.6) is 0 Å². The molecule has 4 fully saturated rings. The van der Waals surface area contributed by atoms with E-state index < -0.39 is 5.97 Å². The first-order chi connectivity index (χ1) is 8.72. The van der Waals surface area contributed by atoms with Crippen LogP contribution < -0.4 is 0 Å². The number of hydrogen-bond acceptors (Lipinski definition) is 4. The van der Waals surface area contributed by atoms with Gasteiger partial charge in [-0.05, 0) is 60.9 Å². The van der Waals surface area contributed by atoms with Crippen LogP contribution in [0, 0.1) is 23.7 Å². The fourth-order valence-corrected chi connectivity index (χ4v) is 4.93. The van der Waals surface area contributed by atoms with Gasteiger partial charge < -0.3 is 5.11 Å². The summed E-state index contributed by atoms with van der Waals surface area (Å²) < 4.78 is 4.68. The molecular formula is C13H16N2O3. The molecule has 4 aliphatic rings. The van der Waals surface area contributed by atoms with Gasteiger partial charge in [0.25, 0.3) is 0 Å². The highest BCUT2D eigenvalue weighted by molar-refractivity contribution is 5.86. The van der Waals surface area contributed by atoms with Crippen molar-refractivity contribution < 1.29 is 14.5 Å². The molecule has 5 nitrogen and oxygen atoms in total. The van der Waals surface area contributed by atoms with Crippen molar-refractivity contribution in [2.24, 2.45) is 23.7 Å². The van der Waals surface area contributed by atoms with Crippen LogP contribution in [-0.2, 0) is 0 Å². The van der Waals surface area contributed by atoms with E-state index in [2.05, 4.69) is 14.9 Å². The van der Waals surface area contributed by atoms with E-state index in [1.807, 2.05) is 0 Å². The van der Waals surface area contributed by atoms with Gasteiger partial charge in [-0.3, -0.25) is 0 Å². The summed E-state index contributed by atoms with van der Waals surface area (Å²) in [6.07, 6.45) is 6.35. The first-order valence-electron chi connectivity index (χ1n) is 6.78. The molecule has 4 bridgehead atoms. The van der Waals surface area contributed by atoms with E-state index in [4.69, 9.17) is 5.11 Å². The average molecular weight is 248 g/mol. The first kappa shape index (κ1) is 10.5. The monoisotopic (exact) mass is 248 g/mol. The van der Waals surface area contributed by atoms with E-state index in [-0.39, 0.29) is 11.6 Å². The smallest absolute Gasteiger partial charge is 0.360 e. The zero-order valence-corrected chi connectivity index (χ0v) is 10.1. The summed E-state index contributed by atoms with van der Waals surface area (Å²) in [5, 5.41) is 16.6. The van der Waals surface area contributed by atoms with Crippen molar-refractivity contribution in [2.45, 2.75) is 38.0 Å². The molecule has 0 aliphatic heterocycles. The quantitative estimate of drug-likeness (QED) is 0.869. The second-order valence-corrected chi connectivity index (χ2v) is 6.26. The Labute approximate surface area is 105 Å². The Balaban J connectivity index is 1.72. The van der Waals surface area contributed by atoms with Gasteiger partial charge in [0.15, 0.2) is 0 Å². The van der Waals surface area contributed by atoms with E-state index in [9.17, 15) is 4.79 Å². The fourth-order valence-electron chi connectivity index (χ4n) is 4.93. The largest absolute Gasteiger partial charge is 0.476 e. The van der Waals surface area contributed by atoms with Gasteiger partial charge in [0.2, 0.25) is 5.69 Å². The lowest BCUT2D eigenvalue weighted by Gasteiger charge is -2.53. The molecule has 0 saturated heterocycles. The van der Waals surface area contributed by atoms with Gasteiger partial charge in [-0.2, -0.15) is 0 Å². The Bertz CT molecular complexity index is 468. The topological polar surface area (TPSA) is 76.2 Å². The van der Waals surface area contributed by atoms with Gasteiger partial charge in [-0.25, -0.2) is 9.42 Å². The second-order valence-electron chi connectivity index (χ2n) is 6.26. The van der Waals surface area contributed by atoms with E-state index >= 15 is 0 Å². The minimum Gasteiger partial charge on any atom is -0.476 e. The van der Waals surface area contributed by atoms with Crippen LogP contribution in [0.1, 0.15) is 54.2 Å². The lowest BCUT2D eigenvalue weighted by Crippen LogP contribution is -2.44. The van der Waals surface area contributed by atoms with Gasteiger partial charge >= 0.3 is 5.97 Å². The summed E-state index contributed by atoms with van der Waals surface area (Å²) in [5.41, 5.74) is 0.642. The predicted molar refractivity (Wildman–Crippen MR) is 61.0 cm³/mol. The molecule has 1 N–H and O–H groups in total. The molecule has 4 saturated carbocycles. The highest BCUT2D eigenvalue weighted by Crippen LogP contribution is 2.59. The summed E-state index contributed by atoms with van der Waals surface area (Å²) in [4.78, 5) is 11.2. The standard InChI is InChI=1S/C13H16N2O3/c16-13(17)12-11(14-18-15-12)10-8-2-6-1-7(4-8)5-9(10)3-6/h6-10H,1-5H2,(H,16,17). The van der Waals surface area contributed by atoms with Crippen molar-refractivity contribution in [1.82, 2.24) is 10.3 Å². The van der Waals surface area contributed by atoms with Crippen LogP contribution in [0.2, 0.25) is 0 Å². The number of carbonyl (C=O) groups is 1. The maximum atomic E-state index is 11.2. The third-order valence-electron chi connectivity index (χ3n) is 5.26. The lowest BCUT2D eigenvalue weighted by atomic mass is 9.51. The van der Waals surface area contributed by atoms with Gasteiger partial charge in [0.1, 0.15) is 5.69 Å². The van der Waals surface area contributed by atoms with Crippen LogP contribution in [0.15, 0.2) is 4.63 Å². The van der Waals surface area contributed by atoms with Gasteiger partial charge in [-0.1, -0.05) is 5.16 Å². The molecule has 0 spiro atoms. The number of nitrogens with zero attached hydrogens (tertiary/aromatic N) is 2. The fraction of sp³-hybridized carbons (Fsp3) is 0.769. The number of hydrogen-bond donors (Lipinski definition) is 1. The summed E-state index contributed by atoms with van der Waals surface area (Å²) in [6, 6.07) is 0. The van der Waals surface area contributed by atoms with Crippen molar-refractivity contribution >= 4 is 5.97 Å². The molecule has 1 aromatic heterocycles. The van der Waals surface area contributed by atoms with E-state index in [0.717, 1.165) is 11.8 Å². The van der Waals surface area contributed by atoms with Crippen molar-refractivity contribution in [1.29, 1.82) is 0 Å². The normalized spacial score (nSPS) is 41.2. The molecule has 4 aliphatic carbocycles. The molecule has 0 unspecified atom stereocenters. The van der Waals surface area contributed by atoms with E-state index in [1.54, 1.807) is 0 Å². The van der Waals surface area contributed by atoms with Crippen molar-refractivity contribution in [2.75, 3.05) is 0 Å². The second kappa shape index (κ2) is 3.56. The molecule has 1 heterocycles. The third kappa shape index (κ3) is 1.36. The summed E-state index contributed by atoms with van der Waals surface area (Å²) in [7, 11) is 0. The number of aromatic nitrogens is 2. The highest BCUT2D eigenvalue weighted by Gasteiger charge is 2.50. The molecule has 0 radical (unpaired) electrons. The Morgan fingerprint density at radius 1 is 1.06 bits per heavy atom. The molecular weight excluding hydrogens is 232 g/mol. The number of rotatable bonds is 2. The van der Waals surface area contributed by atoms with E-state index in [0.29, 0.717) is 17.5 Å². The van der Waals surface area contributed by atoms with Crippen LogP contribution in [-0.4, -0.2) is 21.4 Å². The number of carboxylic acid groups (broad SMARTS) is 1. The first-order valence-corrected chi connectivity index (χ1v) is 6.78. The molecule has 5 heteroatoms. The zero-order valence-electron chi connectivity index (χ0n) is 10.1. The van der Waals surface area contributed by atoms with Crippen LogP contribution in [0.4, 0.5) is 0 Å². The molecule has 5 rings (SSSR count). The van der Waals surface area contributed by atoms with Crippen LogP contribution in [0.3, 0.4) is 0 Å². The Kier molecular flexibility index (Phi) is 2.08. The molecule has 18 heavy (non-hydrogen) atoms. The Hall–Kier alpha value is -1.39. The molecule has 96 valence electrons. The van der Waals surface area contributed by atoms with Crippen LogP contribution in [0.25, 0.3) is 0 Å². The zero-order chi connectivity index (χ0) is 12.3. The molecule has 0 aromatic carbocycles. The summed E-state index contributed by atoms with van der Waals surface area (Å²) in [5.74, 6) is 2.21. The number of carboxylic acids is 1. The highest BCUT2D eigenvalue weighted by atomic mass is 16.6. The summed E-state index contributed by atoms with van der Waals surface area (Å²) in [6.45, 7) is 0. The maximum Gasteiger partial charge on any atom is 0.360 e. The lowest BCUT2D eigenvalue weighted by molar-refractivity contribution is -0.00541. The summed E-state index contributed by atoms with van der Waals surface area (Å²) >= 11 is 0. The third-order valence-corrected chi connectivity index (χ3v) is 5.26. The Morgan fingerprint density at radius 3 is 2.22 bits per heavy atom. The predicted octanol–water partition coefficient (Wildman–Crippen LogP) is 2.31. The minimum absolute atomic E-state index is 0.0347. The van der Waals surface area contributed by atoms with Gasteiger partial charge in [0, 0.05) is 5.92 Å².